The van der Waals surface area contributed by atoms with E-state index in [2.05, 4.69) is 27.5 Å². The second kappa shape index (κ2) is 10.5. The second-order valence-corrected chi connectivity index (χ2v) is 9.18. The Labute approximate surface area is 205 Å². The molecule has 0 spiro atoms. The molecule has 4 rings (SSSR count). The molecular weight excluding hydrogens is 446 g/mol. The Kier molecular flexibility index (Phi) is 7.42. The van der Waals surface area contributed by atoms with Gasteiger partial charge < -0.3 is 24.8 Å². The number of aromatic nitrogens is 1. The number of benzene rings is 2. The molecule has 0 saturated heterocycles. The van der Waals surface area contributed by atoms with Gasteiger partial charge in [-0.15, -0.1) is 0 Å². The van der Waals surface area contributed by atoms with Gasteiger partial charge in [0.2, 0.25) is 0 Å². The van der Waals surface area contributed by atoms with Gasteiger partial charge in [-0.25, -0.2) is 0 Å². The molecule has 1 aliphatic heterocycles. The largest absolute Gasteiger partial charge is 0.508 e. The van der Waals surface area contributed by atoms with Crippen LogP contribution < -0.4 is 5.32 Å². The van der Waals surface area contributed by atoms with E-state index in [1.54, 1.807) is 13.2 Å². The zero-order valence-corrected chi connectivity index (χ0v) is 20.7. The van der Waals surface area contributed by atoms with Crippen LogP contribution in [0.1, 0.15) is 53.9 Å². The van der Waals surface area contributed by atoms with Crippen molar-refractivity contribution in [2.24, 2.45) is 0 Å². The third-order valence-corrected chi connectivity index (χ3v) is 6.45. The van der Waals surface area contributed by atoms with Crippen LogP contribution in [-0.2, 0) is 17.7 Å². The Hall–Kier alpha value is -3.36. The Morgan fingerprint density at radius 3 is 2.71 bits per heavy atom. The maximum absolute atomic E-state index is 12.9. The van der Waals surface area contributed by atoms with Gasteiger partial charge in [-0.1, -0.05) is 37.2 Å². The molecule has 2 heterocycles. The zero-order valence-electron chi connectivity index (χ0n) is 20.7. The quantitative estimate of drug-likeness (QED) is 0.442. The molecule has 0 bridgehead atoms. The number of phenolic OH excluding ortho intramolecular Hbond substituents is 2. The minimum absolute atomic E-state index is 0.0121. The lowest BCUT2D eigenvalue weighted by Gasteiger charge is -2.28. The van der Waals surface area contributed by atoms with Gasteiger partial charge in [0.15, 0.2) is 11.5 Å². The smallest absolute Gasteiger partial charge is 0.274 e. The first kappa shape index (κ1) is 24.8. The topological polar surface area (TPSA) is 108 Å². The average Bonchev–Trinajstić information content (AvgIpc) is 3.27. The van der Waals surface area contributed by atoms with Gasteiger partial charge in [0.25, 0.3) is 5.91 Å². The molecule has 3 N–H and O–H groups in total. The van der Waals surface area contributed by atoms with Gasteiger partial charge in [0.1, 0.15) is 11.5 Å². The van der Waals surface area contributed by atoms with Gasteiger partial charge in [-0.2, -0.15) is 0 Å². The lowest BCUT2D eigenvalue weighted by atomic mass is 9.91. The van der Waals surface area contributed by atoms with Crippen molar-refractivity contribution in [2.75, 3.05) is 33.4 Å². The standard InChI is InChI=1S/C27H33N3O5/c1-5-28-27(33)25-24(18-6-7-19-15-30(10-11-34-4)9-8-17(19)12-18)26(35-29-25)21-13-20(16(2)3)22(31)14-23(21)32/h6-7,12-14,16,31-32H,5,8-11,15H2,1-4H3,(H,28,33). The van der Waals surface area contributed by atoms with E-state index in [9.17, 15) is 15.0 Å². The van der Waals surface area contributed by atoms with Gasteiger partial charge in [0, 0.05) is 39.4 Å². The Bertz CT molecular complexity index is 1220. The van der Waals surface area contributed by atoms with Crippen molar-refractivity contribution < 1.29 is 24.3 Å². The van der Waals surface area contributed by atoms with E-state index in [1.807, 2.05) is 26.8 Å². The molecule has 1 amide bonds. The summed E-state index contributed by atoms with van der Waals surface area (Å²) in [6.45, 7) is 9.55. The SMILES string of the molecule is CCNC(=O)c1noc(-c2cc(C(C)C)c(O)cc2O)c1-c1ccc2c(c1)CCN(CCOC)C2. The Balaban J connectivity index is 1.81. The summed E-state index contributed by atoms with van der Waals surface area (Å²) in [5, 5.41) is 27.9. The lowest BCUT2D eigenvalue weighted by Crippen LogP contribution is -2.33. The van der Waals surface area contributed by atoms with Gasteiger partial charge in [0.05, 0.1) is 17.7 Å². The molecule has 8 heteroatoms. The normalized spacial score (nSPS) is 13.7. The van der Waals surface area contributed by atoms with Crippen LogP contribution in [0.4, 0.5) is 0 Å². The van der Waals surface area contributed by atoms with Crippen molar-refractivity contribution in [1.82, 2.24) is 15.4 Å². The molecule has 0 unspecified atom stereocenters. The summed E-state index contributed by atoms with van der Waals surface area (Å²) in [6, 6.07) is 9.15. The highest BCUT2D eigenvalue weighted by molar-refractivity contribution is 6.02. The summed E-state index contributed by atoms with van der Waals surface area (Å²) < 4.78 is 10.9. The molecule has 1 aromatic heterocycles. The van der Waals surface area contributed by atoms with Crippen LogP contribution in [0, 0.1) is 0 Å². The van der Waals surface area contributed by atoms with Crippen molar-refractivity contribution in [2.45, 2.75) is 39.7 Å². The zero-order chi connectivity index (χ0) is 25.1. The van der Waals surface area contributed by atoms with Crippen LogP contribution in [0.2, 0.25) is 0 Å². The van der Waals surface area contributed by atoms with Gasteiger partial charge in [-0.3, -0.25) is 9.69 Å². The summed E-state index contributed by atoms with van der Waals surface area (Å²) in [6.07, 6.45) is 0.881. The number of ether oxygens (including phenoxy) is 1. The number of nitrogens with zero attached hydrogens (tertiary/aromatic N) is 2. The highest BCUT2D eigenvalue weighted by Crippen LogP contribution is 2.43. The lowest BCUT2D eigenvalue weighted by molar-refractivity contribution is 0.0947. The van der Waals surface area contributed by atoms with E-state index in [0.717, 1.165) is 31.6 Å². The fraction of sp³-hybridized carbons (Fsp3) is 0.407. The number of fused-ring (bicyclic) bond motifs is 1. The number of rotatable bonds is 8. The molecule has 1 aliphatic rings. The number of carbonyl (C=O) groups is 1. The second-order valence-electron chi connectivity index (χ2n) is 9.18. The van der Waals surface area contributed by atoms with E-state index in [4.69, 9.17) is 9.26 Å². The van der Waals surface area contributed by atoms with Crippen LogP contribution in [0.5, 0.6) is 11.5 Å². The molecule has 3 aromatic rings. The van der Waals surface area contributed by atoms with Crippen LogP contribution in [-0.4, -0.2) is 59.5 Å². The van der Waals surface area contributed by atoms with E-state index in [1.165, 1.54) is 17.2 Å². The van der Waals surface area contributed by atoms with Crippen LogP contribution in [0.15, 0.2) is 34.9 Å². The van der Waals surface area contributed by atoms with Crippen molar-refractivity contribution in [3.63, 3.8) is 0 Å². The van der Waals surface area contributed by atoms with Crippen LogP contribution in [0.25, 0.3) is 22.5 Å². The number of phenols is 2. The number of methoxy groups -OCH3 is 1. The Morgan fingerprint density at radius 1 is 1.20 bits per heavy atom. The minimum Gasteiger partial charge on any atom is -0.508 e. The number of hydrogen-bond acceptors (Lipinski definition) is 7. The first-order valence-corrected chi connectivity index (χ1v) is 12.0. The molecule has 0 saturated carbocycles. The molecule has 35 heavy (non-hydrogen) atoms. The number of carbonyl (C=O) groups excluding carboxylic acids is 1. The number of amides is 1. The third kappa shape index (κ3) is 5.04. The maximum atomic E-state index is 12.9. The molecular formula is C27H33N3O5. The average molecular weight is 480 g/mol. The van der Waals surface area contributed by atoms with E-state index in [-0.39, 0.29) is 29.0 Å². The minimum atomic E-state index is -0.344. The molecule has 0 aliphatic carbocycles. The monoisotopic (exact) mass is 479 g/mol. The molecule has 2 aromatic carbocycles. The summed E-state index contributed by atoms with van der Waals surface area (Å²) in [5.41, 5.74) is 4.99. The van der Waals surface area contributed by atoms with Crippen LogP contribution >= 0.6 is 0 Å². The van der Waals surface area contributed by atoms with E-state index in [0.29, 0.717) is 35.6 Å². The first-order valence-electron chi connectivity index (χ1n) is 12.0. The van der Waals surface area contributed by atoms with Crippen LogP contribution in [0.3, 0.4) is 0 Å². The summed E-state index contributed by atoms with van der Waals surface area (Å²) in [5.74, 6) is -0.156. The molecule has 0 atom stereocenters. The van der Waals surface area contributed by atoms with Crippen molar-refractivity contribution in [3.8, 4) is 33.9 Å². The highest BCUT2D eigenvalue weighted by Gasteiger charge is 2.28. The third-order valence-electron chi connectivity index (χ3n) is 6.45. The predicted octanol–water partition coefficient (Wildman–Crippen LogP) is 4.30. The molecule has 0 fully saturated rings. The van der Waals surface area contributed by atoms with E-state index < -0.39 is 0 Å². The summed E-state index contributed by atoms with van der Waals surface area (Å²) in [4.78, 5) is 15.2. The molecule has 186 valence electrons. The fourth-order valence-electron chi connectivity index (χ4n) is 4.56. The number of hydrogen-bond donors (Lipinski definition) is 3. The molecule has 8 nitrogen and oxygen atoms in total. The van der Waals surface area contributed by atoms with Crippen molar-refractivity contribution in [3.05, 3.63) is 52.7 Å². The summed E-state index contributed by atoms with van der Waals surface area (Å²) >= 11 is 0. The Morgan fingerprint density at radius 2 is 2.00 bits per heavy atom. The number of nitrogens with one attached hydrogen (secondary N) is 1. The van der Waals surface area contributed by atoms with Gasteiger partial charge in [-0.05, 0) is 47.6 Å². The first-order chi connectivity index (χ1) is 16.8. The predicted molar refractivity (Wildman–Crippen MR) is 134 cm³/mol. The maximum Gasteiger partial charge on any atom is 0.274 e. The van der Waals surface area contributed by atoms with E-state index >= 15 is 0 Å². The number of aromatic hydroxyl groups is 2. The highest BCUT2D eigenvalue weighted by atomic mass is 16.5. The van der Waals surface area contributed by atoms with Gasteiger partial charge >= 0.3 is 0 Å². The summed E-state index contributed by atoms with van der Waals surface area (Å²) in [7, 11) is 1.71. The van der Waals surface area contributed by atoms with Crippen molar-refractivity contribution >= 4 is 5.91 Å². The van der Waals surface area contributed by atoms with Crippen molar-refractivity contribution in [1.29, 1.82) is 0 Å². The fourth-order valence-corrected chi connectivity index (χ4v) is 4.56. The molecule has 0 radical (unpaired) electrons.